The van der Waals surface area contributed by atoms with Gasteiger partial charge in [0.15, 0.2) is 0 Å². The Labute approximate surface area is 161 Å². The lowest BCUT2D eigenvalue weighted by atomic mass is 9.70. The fraction of sp³-hybridized carbons (Fsp3) is 0.957. The highest BCUT2D eigenvalue weighted by atomic mass is 17.2. The molecule has 1 saturated carbocycles. The van der Waals surface area contributed by atoms with Crippen LogP contribution in [0.1, 0.15) is 117 Å². The highest BCUT2D eigenvalue weighted by Crippen LogP contribution is 2.44. The van der Waals surface area contributed by atoms with Gasteiger partial charge in [0.1, 0.15) is 17.5 Å². The Morgan fingerprint density at radius 3 is 2.04 bits per heavy atom. The van der Waals surface area contributed by atoms with Crippen molar-refractivity contribution in [2.45, 2.75) is 129 Å². The molecule has 2 fully saturated rings. The molecule has 0 aromatic rings. The van der Waals surface area contributed by atoms with Crippen molar-refractivity contribution in [3.63, 3.8) is 0 Å². The molecule has 0 unspecified atom stereocenters. The van der Waals surface area contributed by atoms with Gasteiger partial charge in [-0.25, -0.2) is 9.78 Å². The predicted molar refractivity (Wildman–Crippen MR) is 107 cm³/mol. The van der Waals surface area contributed by atoms with Crippen LogP contribution in [0.5, 0.6) is 0 Å². The third kappa shape index (κ3) is 6.64. The minimum absolute atomic E-state index is 0.00226. The second-order valence-electron chi connectivity index (χ2n) is 9.06. The SMILES string of the molecule is CCCCCCCCCCCCCC[C@@]1(C)OO[C@@H]2C[C@H]1CC(=O)[C@@H]2C. The lowest BCUT2D eigenvalue weighted by Gasteiger charge is -2.47. The first kappa shape index (κ1) is 21.9. The maximum absolute atomic E-state index is 12.1. The van der Waals surface area contributed by atoms with Crippen LogP contribution in [-0.4, -0.2) is 17.5 Å². The fourth-order valence-electron chi connectivity index (χ4n) is 4.59. The number of hydrogen-bond donors (Lipinski definition) is 0. The zero-order valence-corrected chi connectivity index (χ0v) is 17.6. The van der Waals surface area contributed by atoms with Gasteiger partial charge in [-0.1, -0.05) is 90.9 Å². The quantitative estimate of drug-likeness (QED) is 0.266. The monoisotopic (exact) mass is 366 g/mol. The van der Waals surface area contributed by atoms with Crippen LogP contribution < -0.4 is 0 Å². The Balaban J connectivity index is 1.49. The molecule has 26 heavy (non-hydrogen) atoms. The molecule has 2 bridgehead atoms. The number of hydrogen-bond acceptors (Lipinski definition) is 3. The minimum Gasteiger partial charge on any atom is -0.299 e. The molecule has 0 aromatic carbocycles. The van der Waals surface area contributed by atoms with E-state index in [9.17, 15) is 4.79 Å². The van der Waals surface area contributed by atoms with Crippen molar-refractivity contribution in [2.75, 3.05) is 0 Å². The molecule has 0 aromatic heterocycles. The van der Waals surface area contributed by atoms with E-state index in [1.54, 1.807) is 0 Å². The second-order valence-corrected chi connectivity index (χ2v) is 9.06. The van der Waals surface area contributed by atoms with E-state index in [0.29, 0.717) is 18.1 Å². The van der Waals surface area contributed by atoms with Crippen LogP contribution in [0.15, 0.2) is 0 Å². The number of carbonyl (C=O) groups is 1. The lowest BCUT2D eigenvalue weighted by Crippen LogP contribution is -2.52. The Hall–Kier alpha value is -0.410. The second kappa shape index (κ2) is 11.4. The standard InChI is InChI=1S/C23H42O3/c1-4-5-6-7-8-9-10-11-12-13-14-15-16-23(3)20-17-21(24)19(2)22(18-20)25-26-23/h19-20,22H,4-18H2,1-3H3/t19-,20+,22+,23+/m0/s1. The Morgan fingerprint density at radius 1 is 0.923 bits per heavy atom. The summed E-state index contributed by atoms with van der Waals surface area (Å²) in [7, 11) is 0. The maximum atomic E-state index is 12.1. The van der Waals surface area contributed by atoms with Crippen molar-refractivity contribution in [3.05, 3.63) is 0 Å². The van der Waals surface area contributed by atoms with E-state index in [0.717, 1.165) is 12.8 Å². The molecule has 3 nitrogen and oxygen atoms in total. The molecule has 3 heteroatoms. The highest BCUT2D eigenvalue weighted by Gasteiger charge is 2.49. The van der Waals surface area contributed by atoms with Crippen molar-refractivity contribution < 1.29 is 14.6 Å². The third-order valence-electron chi connectivity index (χ3n) is 6.78. The van der Waals surface area contributed by atoms with Gasteiger partial charge < -0.3 is 0 Å². The number of ketones is 1. The van der Waals surface area contributed by atoms with Gasteiger partial charge in [0.05, 0.1) is 0 Å². The highest BCUT2D eigenvalue weighted by molar-refractivity contribution is 5.82. The van der Waals surface area contributed by atoms with Gasteiger partial charge in [0, 0.05) is 18.3 Å². The molecular formula is C23H42O3. The minimum atomic E-state index is -0.259. The summed E-state index contributed by atoms with van der Waals surface area (Å²) in [5, 5.41) is 0. The molecular weight excluding hydrogens is 324 g/mol. The first-order valence-electron chi connectivity index (χ1n) is 11.4. The average Bonchev–Trinajstić information content (AvgIpc) is 2.63. The zero-order chi connectivity index (χ0) is 18.8. The molecule has 1 saturated heterocycles. The summed E-state index contributed by atoms with van der Waals surface area (Å²) in [6.07, 6.45) is 19.1. The number of rotatable bonds is 13. The van der Waals surface area contributed by atoms with E-state index in [-0.39, 0.29) is 17.6 Å². The molecule has 1 aliphatic carbocycles. The van der Waals surface area contributed by atoms with Gasteiger partial charge in [-0.15, -0.1) is 0 Å². The van der Waals surface area contributed by atoms with Crippen LogP contribution in [-0.2, 0) is 14.6 Å². The van der Waals surface area contributed by atoms with Gasteiger partial charge in [-0.05, 0) is 19.8 Å². The van der Waals surface area contributed by atoms with E-state index in [4.69, 9.17) is 9.78 Å². The number of unbranched alkanes of at least 4 members (excludes halogenated alkanes) is 11. The van der Waals surface area contributed by atoms with Gasteiger partial charge in [-0.3, -0.25) is 4.79 Å². The van der Waals surface area contributed by atoms with Gasteiger partial charge in [0.2, 0.25) is 0 Å². The predicted octanol–water partition coefficient (Wildman–Crippen LogP) is 6.78. The first-order valence-corrected chi connectivity index (χ1v) is 11.4. The van der Waals surface area contributed by atoms with Crippen LogP contribution in [0, 0.1) is 11.8 Å². The van der Waals surface area contributed by atoms with Crippen LogP contribution >= 0.6 is 0 Å². The summed E-state index contributed by atoms with van der Waals surface area (Å²) in [4.78, 5) is 23.5. The van der Waals surface area contributed by atoms with Crippen LogP contribution in [0.25, 0.3) is 0 Å². The molecule has 0 amide bonds. The Morgan fingerprint density at radius 2 is 1.46 bits per heavy atom. The smallest absolute Gasteiger partial charge is 0.138 e. The fourth-order valence-corrected chi connectivity index (χ4v) is 4.59. The largest absolute Gasteiger partial charge is 0.299 e. The van der Waals surface area contributed by atoms with E-state index >= 15 is 0 Å². The number of carbonyl (C=O) groups excluding carboxylic acids is 1. The zero-order valence-electron chi connectivity index (χ0n) is 17.6. The van der Waals surface area contributed by atoms with Crippen LogP contribution in [0.2, 0.25) is 0 Å². The van der Waals surface area contributed by atoms with E-state index in [2.05, 4.69) is 13.8 Å². The molecule has 0 N–H and O–H groups in total. The summed E-state index contributed by atoms with van der Waals surface area (Å²) in [5.74, 6) is 0.704. The van der Waals surface area contributed by atoms with Crippen molar-refractivity contribution in [1.82, 2.24) is 0 Å². The molecule has 1 aliphatic heterocycles. The van der Waals surface area contributed by atoms with E-state index in [1.807, 2.05) is 6.92 Å². The first-order chi connectivity index (χ1) is 12.6. The van der Waals surface area contributed by atoms with Crippen molar-refractivity contribution in [2.24, 2.45) is 11.8 Å². The molecule has 4 atom stereocenters. The van der Waals surface area contributed by atoms with Crippen molar-refractivity contribution in [3.8, 4) is 0 Å². The summed E-state index contributed by atoms with van der Waals surface area (Å²) >= 11 is 0. The Bertz CT molecular complexity index is 408. The van der Waals surface area contributed by atoms with Crippen LogP contribution in [0.4, 0.5) is 0 Å². The van der Waals surface area contributed by atoms with Gasteiger partial charge in [0.25, 0.3) is 0 Å². The maximum Gasteiger partial charge on any atom is 0.138 e. The lowest BCUT2D eigenvalue weighted by molar-refractivity contribution is -0.429. The van der Waals surface area contributed by atoms with Gasteiger partial charge >= 0.3 is 0 Å². The van der Waals surface area contributed by atoms with E-state index in [1.165, 1.54) is 77.0 Å². The molecule has 0 radical (unpaired) electrons. The number of fused-ring (bicyclic) bond motifs is 2. The number of Topliss-reactive ketones (excluding diaryl/α,β-unsaturated/α-hetero) is 1. The third-order valence-corrected chi connectivity index (χ3v) is 6.78. The Kier molecular flexibility index (Phi) is 9.63. The summed E-state index contributed by atoms with van der Waals surface area (Å²) in [5.41, 5.74) is -0.259. The molecule has 1 heterocycles. The van der Waals surface area contributed by atoms with Crippen molar-refractivity contribution in [1.29, 1.82) is 0 Å². The summed E-state index contributed by atoms with van der Waals surface area (Å²) in [6, 6.07) is 0. The molecule has 2 rings (SSSR count). The van der Waals surface area contributed by atoms with E-state index < -0.39 is 0 Å². The van der Waals surface area contributed by atoms with Gasteiger partial charge in [-0.2, -0.15) is 0 Å². The molecule has 0 spiro atoms. The average molecular weight is 367 g/mol. The molecule has 2 aliphatic rings. The van der Waals surface area contributed by atoms with Crippen LogP contribution in [0.3, 0.4) is 0 Å². The normalized spacial score (nSPS) is 31.3. The summed E-state index contributed by atoms with van der Waals surface area (Å²) < 4.78 is 0. The molecule has 152 valence electrons. The van der Waals surface area contributed by atoms with Crippen molar-refractivity contribution >= 4 is 5.78 Å². The topological polar surface area (TPSA) is 35.5 Å². The summed E-state index contributed by atoms with van der Waals surface area (Å²) in [6.45, 7) is 6.40.